The highest BCUT2D eigenvalue weighted by atomic mass is 127. The van der Waals surface area contributed by atoms with Gasteiger partial charge in [-0.3, -0.25) is 0 Å². The van der Waals surface area contributed by atoms with Crippen molar-refractivity contribution >= 4 is 39.5 Å². The van der Waals surface area contributed by atoms with Gasteiger partial charge in [-0.15, -0.1) is 0 Å². The first-order chi connectivity index (χ1) is 20.4. The number of anilines is 2. The lowest BCUT2D eigenvalue weighted by Gasteiger charge is -2.36. The number of halogens is 1. The van der Waals surface area contributed by atoms with E-state index in [9.17, 15) is 0 Å². The van der Waals surface area contributed by atoms with E-state index in [0.717, 1.165) is 39.9 Å². The molecule has 206 valence electrons. The van der Waals surface area contributed by atoms with Crippen LogP contribution in [0.15, 0.2) is 121 Å². The van der Waals surface area contributed by atoms with Crippen molar-refractivity contribution in [3.8, 4) is 22.3 Å². The summed E-state index contributed by atoms with van der Waals surface area (Å²) in [6.45, 7) is 4.26. The van der Waals surface area contributed by atoms with E-state index < -0.39 is 3.42 Å². The molecule has 0 fully saturated rings. The van der Waals surface area contributed by atoms with Gasteiger partial charge in [-0.05, 0) is 83.5 Å². The number of aryl methyl sites for hydroxylation is 2. The van der Waals surface area contributed by atoms with Crippen LogP contribution in [-0.2, 0) is 3.42 Å². The zero-order valence-electron chi connectivity index (χ0n) is 23.9. The second-order valence-electron chi connectivity index (χ2n) is 11.0. The van der Waals surface area contributed by atoms with Gasteiger partial charge in [-0.1, -0.05) is 132 Å². The molecule has 0 radical (unpaired) electrons. The van der Waals surface area contributed by atoms with Gasteiger partial charge in [0.05, 0.1) is 9.11 Å². The number of nitrogens with two attached hydrogens (primary N) is 2. The fourth-order valence-electron chi connectivity index (χ4n) is 5.97. The van der Waals surface area contributed by atoms with E-state index in [4.69, 9.17) is 11.5 Å². The molecule has 42 heavy (non-hydrogen) atoms. The van der Waals surface area contributed by atoms with Gasteiger partial charge in [0, 0.05) is 28.3 Å². The summed E-state index contributed by atoms with van der Waals surface area (Å²) in [5, 5.41) is 0. The molecule has 0 amide bonds. The van der Waals surface area contributed by atoms with Crippen molar-refractivity contribution in [2.24, 2.45) is 5.92 Å². The largest absolute Gasteiger partial charge is 0.398 e. The maximum Gasteiger partial charge on any atom is 0.0910 e. The maximum absolute atomic E-state index is 6.61. The first kappa shape index (κ1) is 27.9. The smallest absolute Gasteiger partial charge is 0.0910 e. The summed E-state index contributed by atoms with van der Waals surface area (Å²) in [6, 6.07) is 42.8. The van der Waals surface area contributed by atoms with Gasteiger partial charge in [0.15, 0.2) is 0 Å². The van der Waals surface area contributed by atoms with Gasteiger partial charge in [-0.25, -0.2) is 0 Å². The van der Waals surface area contributed by atoms with Crippen LogP contribution < -0.4 is 11.5 Å². The quantitative estimate of drug-likeness (QED) is 0.109. The van der Waals surface area contributed by atoms with Crippen LogP contribution in [0.2, 0.25) is 0 Å². The molecular formula is C39H33IN2. The Morgan fingerprint density at radius 1 is 0.714 bits per heavy atom. The van der Waals surface area contributed by atoms with E-state index in [2.05, 4.69) is 164 Å². The predicted octanol–water partition coefficient (Wildman–Crippen LogP) is 9.74. The Morgan fingerprint density at radius 2 is 1.36 bits per heavy atom. The second-order valence-corrected chi connectivity index (χ2v) is 12.7. The van der Waals surface area contributed by atoms with E-state index in [1.807, 2.05) is 6.07 Å². The molecule has 2 nitrogen and oxygen atoms in total. The third kappa shape index (κ3) is 5.12. The summed E-state index contributed by atoms with van der Waals surface area (Å²) >= 11 is 2.65. The Balaban J connectivity index is 1.52. The summed E-state index contributed by atoms with van der Waals surface area (Å²) in [6.07, 6.45) is 7.86. The van der Waals surface area contributed by atoms with Crippen molar-refractivity contribution in [2.75, 3.05) is 11.5 Å². The molecule has 2 atom stereocenters. The Labute approximate surface area is 263 Å². The van der Waals surface area contributed by atoms with Crippen LogP contribution in [0.1, 0.15) is 34.2 Å². The number of hydrogen-bond acceptors (Lipinski definition) is 2. The van der Waals surface area contributed by atoms with Crippen molar-refractivity contribution in [1.29, 1.82) is 0 Å². The Morgan fingerprint density at radius 3 is 2.00 bits per heavy atom. The van der Waals surface area contributed by atoms with Gasteiger partial charge in [0.1, 0.15) is 0 Å². The van der Waals surface area contributed by atoms with Crippen molar-refractivity contribution in [3.05, 3.63) is 161 Å². The topological polar surface area (TPSA) is 52.0 Å². The molecule has 0 bridgehead atoms. The maximum atomic E-state index is 6.61. The minimum Gasteiger partial charge on any atom is -0.398 e. The monoisotopic (exact) mass is 656 g/mol. The van der Waals surface area contributed by atoms with Crippen LogP contribution in [0, 0.1) is 31.9 Å². The molecular weight excluding hydrogens is 623 g/mol. The number of rotatable bonds is 6. The normalized spacial score (nSPS) is 14.7. The Bertz CT molecular complexity index is 1720. The molecule has 0 spiro atoms. The highest BCUT2D eigenvalue weighted by Gasteiger charge is 2.40. The highest BCUT2D eigenvalue weighted by Crippen LogP contribution is 2.51. The van der Waals surface area contributed by atoms with Crippen molar-refractivity contribution < 1.29 is 0 Å². The average Bonchev–Trinajstić information content (AvgIpc) is 3.02. The number of benzene rings is 4. The summed E-state index contributed by atoms with van der Waals surface area (Å²) in [7, 11) is 0. The number of allylic oxidation sites excluding steroid dienone is 4. The summed E-state index contributed by atoms with van der Waals surface area (Å²) in [4.78, 5) is 0. The van der Waals surface area contributed by atoms with Crippen LogP contribution >= 0.6 is 22.6 Å². The predicted molar refractivity (Wildman–Crippen MR) is 186 cm³/mol. The third-order valence-electron chi connectivity index (χ3n) is 8.36. The number of alkyl halides is 1. The van der Waals surface area contributed by atoms with Gasteiger partial charge in [0.25, 0.3) is 0 Å². The molecule has 0 aromatic heterocycles. The molecule has 0 saturated carbocycles. The van der Waals surface area contributed by atoms with E-state index in [1.54, 1.807) is 0 Å². The van der Waals surface area contributed by atoms with Crippen LogP contribution in [0.25, 0.3) is 27.8 Å². The minimum atomic E-state index is -0.459. The Kier molecular flexibility index (Phi) is 7.66. The fraction of sp³-hybridized carbons (Fsp3) is 0.128. The van der Waals surface area contributed by atoms with E-state index in [0.29, 0.717) is 5.69 Å². The molecule has 2 unspecified atom stereocenters. The fourth-order valence-corrected chi connectivity index (χ4v) is 7.06. The standard InChI is InChI=1S/C39H33IN2/c1-26-10-6-8-14-33(26)35-24-31(20-22-37(35)41)39(40,30-18-16-29(17-19-30)28-12-4-3-5-13-28)32-21-23-38(42)36(25-32)34-15-9-7-11-27(34)2/h3-18,20,22,24-25,30H,19,41-42H2,1-2H3. The number of hydrogen-bond donors (Lipinski definition) is 2. The van der Waals surface area contributed by atoms with Gasteiger partial charge < -0.3 is 11.5 Å². The second kappa shape index (κ2) is 11.5. The van der Waals surface area contributed by atoms with Crippen LogP contribution in [0.4, 0.5) is 11.4 Å². The third-order valence-corrected chi connectivity index (χ3v) is 10.4. The zero-order valence-corrected chi connectivity index (χ0v) is 26.0. The average molecular weight is 657 g/mol. The van der Waals surface area contributed by atoms with Crippen LogP contribution in [0.3, 0.4) is 0 Å². The summed E-state index contributed by atoms with van der Waals surface area (Å²) < 4.78 is -0.459. The lowest BCUT2D eigenvalue weighted by Crippen LogP contribution is -2.30. The first-order valence-corrected chi connectivity index (χ1v) is 15.3. The summed E-state index contributed by atoms with van der Waals surface area (Å²) in [5.41, 5.74) is 25.9. The lowest BCUT2D eigenvalue weighted by molar-refractivity contribution is 0.552. The molecule has 3 heteroatoms. The van der Waals surface area contributed by atoms with Crippen LogP contribution in [-0.4, -0.2) is 0 Å². The number of nitrogen functional groups attached to an aromatic ring is 2. The van der Waals surface area contributed by atoms with Gasteiger partial charge >= 0.3 is 0 Å². The molecule has 5 aromatic rings. The zero-order chi connectivity index (χ0) is 29.3. The molecule has 1 aliphatic carbocycles. The van der Waals surface area contributed by atoms with Gasteiger partial charge in [0.2, 0.25) is 0 Å². The molecule has 0 heterocycles. The first-order valence-electron chi connectivity index (χ1n) is 14.2. The molecule has 6 rings (SSSR count). The van der Waals surface area contributed by atoms with Crippen molar-refractivity contribution in [1.82, 2.24) is 0 Å². The molecule has 5 aromatic carbocycles. The lowest BCUT2D eigenvalue weighted by atomic mass is 9.75. The molecule has 0 aliphatic heterocycles. The van der Waals surface area contributed by atoms with Crippen molar-refractivity contribution in [3.63, 3.8) is 0 Å². The van der Waals surface area contributed by atoms with Crippen molar-refractivity contribution in [2.45, 2.75) is 23.7 Å². The minimum absolute atomic E-state index is 0.164. The summed E-state index contributed by atoms with van der Waals surface area (Å²) in [5.74, 6) is 0.164. The Hall–Kier alpha value is -4.27. The van der Waals surface area contributed by atoms with E-state index in [-0.39, 0.29) is 5.92 Å². The molecule has 4 N–H and O–H groups in total. The molecule has 1 aliphatic rings. The van der Waals surface area contributed by atoms with Gasteiger partial charge in [-0.2, -0.15) is 0 Å². The van der Waals surface area contributed by atoms with Crippen LogP contribution in [0.5, 0.6) is 0 Å². The van der Waals surface area contributed by atoms with E-state index in [1.165, 1.54) is 27.8 Å². The highest BCUT2D eigenvalue weighted by molar-refractivity contribution is 14.1. The molecule has 0 saturated heterocycles. The SMILES string of the molecule is Cc1ccccc1-c1cc(C(I)(c2ccc(N)c(-c3ccccc3C)c2)C2C=CC(c3ccccc3)=CC2)c#cc1N. The van der Waals surface area contributed by atoms with E-state index >= 15 is 0 Å².